The first-order valence-corrected chi connectivity index (χ1v) is 8.53. The van der Waals surface area contributed by atoms with Crippen molar-refractivity contribution in [3.8, 4) is 5.75 Å². The van der Waals surface area contributed by atoms with Crippen LogP contribution in [0.5, 0.6) is 5.75 Å². The minimum Gasteiger partial charge on any atom is -0.496 e. The van der Waals surface area contributed by atoms with Crippen LogP contribution >= 0.6 is 11.3 Å². The van der Waals surface area contributed by atoms with E-state index in [2.05, 4.69) is 15.4 Å². The number of anilines is 1. The van der Waals surface area contributed by atoms with E-state index in [1.165, 1.54) is 11.3 Å². The van der Waals surface area contributed by atoms with Crippen LogP contribution in [0.4, 0.5) is 5.69 Å². The molecule has 2 aromatic rings. The van der Waals surface area contributed by atoms with Crippen molar-refractivity contribution in [3.63, 3.8) is 0 Å². The van der Waals surface area contributed by atoms with E-state index in [9.17, 15) is 4.79 Å². The Bertz CT molecular complexity index is 710. The summed E-state index contributed by atoms with van der Waals surface area (Å²) in [6, 6.07) is 9.53. The lowest BCUT2D eigenvalue weighted by Crippen LogP contribution is -2.36. The van der Waals surface area contributed by atoms with Crippen LogP contribution in [0.1, 0.15) is 15.2 Å². The van der Waals surface area contributed by atoms with Crippen LogP contribution in [0.25, 0.3) is 0 Å². The summed E-state index contributed by atoms with van der Waals surface area (Å²) in [5, 5.41) is 5.87. The lowest BCUT2D eigenvalue weighted by Gasteiger charge is -2.29. The number of hydrazone groups is 1. The summed E-state index contributed by atoms with van der Waals surface area (Å²) in [7, 11) is 1.62. The third kappa shape index (κ3) is 3.93. The van der Waals surface area contributed by atoms with Gasteiger partial charge in [0.15, 0.2) is 0 Å². The number of nitrogens with one attached hydrogen (secondary N) is 1. The van der Waals surface area contributed by atoms with Crippen molar-refractivity contribution in [1.29, 1.82) is 0 Å². The maximum absolute atomic E-state index is 11.8. The van der Waals surface area contributed by atoms with Gasteiger partial charge in [0.05, 0.1) is 31.4 Å². The molecule has 1 saturated heterocycles. The summed E-state index contributed by atoms with van der Waals surface area (Å²) in [5.74, 6) is 0.498. The van der Waals surface area contributed by atoms with Gasteiger partial charge in [0, 0.05) is 30.4 Å². The number of methoxy groups -OCH3 is 1. The average molecular weight is 345 g/mol. The molecule has 0 spiro atoms. The second kappa shape index (κ2) is 7.94. The molecule has 0 bridgehead atoms. The molecule has 0 radical (unpaired) electrons. The first-order valence-electron chi connectivity index (χ1n) is 7.65. The molecule has 3 rings (SSSR count). The molecule has 2 heterocycles. The summed E-state index contributed by atoms with van der Waals surface area (Å²) >= 11 is 1.38. The van der Waals surface area contributed by atoms with Crippen molar-refractivity contribution < 1.29 is 14.3 Å². The quantitative estimate of drug-likeness (QED) is 0.667. The van der Waals surface area contributed by atoms with Crippen molar-refractivity contribution in [3.05, 3.63) is 46.2 Å². The van der Waals surface area contributed by atoms with Crippen LogP contribution in [-0.2, 0) is 4.74 Å². The number of carbonyl (C=O) groups excluding carboxylic acids is 1. The first kappa shape index (κ1) is 16.5. The minimum absolute atomic E-state index is 0.217. The van der Waals surface area contributed by atoms with E-state index in [4.69, 9.17) is 9.47 Å². The van der Waals surface area contributed by atoms with Crippen LogP contribution in [0, 0.1) is 0 Å². The molecular formula is C17H19N3O3S. The number of carbonyl (C=O) groups is 1. The van der Waals surface area contributed by atoms with Crippen molar-refractivity contribution in [1.82, 2.24) is 5.43 Å². The molecule has 1 aliphatic heterocycles. The highest BCUT2D eigenvalue weighted by Crippen LogP contribution is 2.25. The molecule has 0 atom stereocenters. The highest BCUT2D eigenvalue weighted by Gasteiger charge is 2.13. The van der Waals surface area contributed by atoms with Crippen molar-refractivity contribution in [2.45, 2.75) is 0 Å². The van der Waals surface area contributed by atoms with Crippen LogP contribution in [-0.4, -0.2) is 45.5 Å². The largest absolute Gasteiger partial charge is 0.496 e. The van der Waals surface area contributed by atoms with E-state index >= 15 is 0 Å². The predicted molar refractivity (Wildman–Crippen MR) is 95.4 cm³/mol. The Morgan fingerprint density at radius 2 is 2.21 bits per heavy atom. The van der Waals surface area contributed by atoms with Gasteiger partial charge in [-0.15, -0.1) is 11.3 Å². The SMILES string of the molecule is COc1cc(N2CCOCC2)ccc1/C=N/NC(=O)c1cccs1. The second-order valence-electron chi connectivity index (χ2n) is 5.20. The number of benzene rings is 1. The van der Waals surface area contributed by atoms with Crippen LogP contribution in [0.15, 0.2) is 40.8 Å². The molecule has 0 unspecified atom stereocenters. The number of hydrogen-bond donors (Lipinski definition) is 1. The van der Waals surface area contributed by atoms with Gasteiger partial charge in [-0.25, -0.2) is 5.43 Å². The van der Waals surface area contributed by atoms with Crippen LogP contribution in [0.3, 0.4) is 0 Å². The third-order valence-corrected chi connectivity index (χ3v) is 4.58. The Hall–Kier alpha value is -2.38. The Balaban J connectivity index is 1.68. The fraction of sp³-hybridized carbons (Fsp3) is 0.294. The minimum atomic E-state index is -0.217. The smallest absolute Gasteiger partial charge is 0.281 e. The lowest BCUT2D eigenvalue weighted by molar-refractivity contribution is 0.0959. The maximum Gasteiger partial charge on any atom is 0.281 e. The van der Waals surface area contributed by atoms with Crippen molar-refractivity contribution in [2.75, 3.05) is 38.3 Å². The highest BCUT2D eigenvalue weighted by atomic mass is 32.1. The van der Waals surface area contributed by atoms with Gasteiger partial charge < -0.3 is 14.4 Å². The van der Waals surface area contributed by atoms with E-state index < -0.39 is 0 Å². The molecule has 126 valence electrons. The van der Waals surface area contributed by atoms with Gasteiger partial charge >= 0.3 is 0 Å². The Morgan fingerprint density at radius 3 is 2.92 bits per heavy atom. The number of thiophene rings is 1. The Labute approximate surface area is 144 Å². The Kier molecular flexibility index (Phi) is 5.45. The summed E-state index contributed by atoms with van der Waals surface area (Å²) < 4.78 is 10.8. The van der Waals surface area contributed by atoms with Gasteiger partial charge in [-0.2, -0.15) is 5.10 Å². The van der Waals surface area contributed by atoms with Gasteiger partial charge in [-0.3, -0.25) is 4.79 Å². The zero-order valence-corrected chi connectivity index (χ0v) is 14.2. The van der Waals surface area contributed by atoms with Gasteiger partial charge in [0.2, 0.25) is 0 Å². The lowest BCUT2D eigenvalue weighted by atomic mass is 10.1. The van der Waals surface area contributed by atoms with E-state index in [-0.39, 0.29) is 5.91 Å². The summed E-state index contributed by atoms with van der Waals surface area (Å²) in [6.07, 6.45) is 1.59. The Morgan fingerprint density at radius 1 is 1.38 bits per heavy atom. The standard InChI is InChI=1S/C17H19N3O3S/c1-22-15-11-14(20-6-8-23-9-7-20)5-4-13(15)12-18-19-17(21)16-3-2-10-24-16/h2-5,10-12H,6-9H2,1H3,(H,19,21)/b18-12+. The predicted octanol–water partition coefficient (Wildman–Crippen LogP) is 2.36. The van der Waals surface area contributed by atoms with Gasteiger partial charge in [-0.1, -0.05) is 6.07 Å². The maximum atomic E-state index is 11.8. The molecule has 1 amide bonds. The second-order valence-corrected chi connectivity index (χ2v) is 6.15. The van der Waals surface area contributed by atoms with Crippen LogP contribution < -0.4 is 15.1 Å². The molecule has 24 heavy (non-hydrogen) atoms. The fourth-order valence-electron chi connectivity index (χ4n) is 2.45. The first-order chi connectivity index (χ1) is 11.8. The molecule has 0 aliphatic carbocycles. The van der Waals surface area contributed by atoms with E-state index in [0.717, 1.165) is 37.6 Å². The normalized spacial score (nSPS) is 14.8. The van der Waals surface area contributed by atoms with E-state index in [0.29, 0.717) is 10.6 Å². The van der Waals surface area contributed by atoms with Gasteiger partial charge in [0.25, 0.3) is 5.91 Å². The van der Waals surface area contributed by atoms with Gasteiger partial charge in [-0.05, 0) is 23.6 Å². The van der Waals surface area contributed by atoms with Gasteiger partial charge in [0.1, 0.15) is 5.75 Å². The molecular weight excluding hydrogens is 326 g/mol. The summed E-state index contributed by atoms with van der Waals surface area (Å²) in [5.41, 5.74) is 4.42. The number of nitrogens with zero attached hydrogens (tertiary/aromatic N) is 2. The van der Waals surface area contributed by atoms with E-state index in [1.54, 1.807) is 19.4 Å². The third-order valence-electron chi connectivity index (χ3n) is 3.71. The molecule has 6 nitrogen and oxygen atoms in total. The molecule has 1 aromatic carbocycles. The zero-order valence-electron chi connectivity index (χ0n) is 13.4. The van der Waals surface area contributed by atoms with Crippen LogP contribution in [0.2, 0.25) is 0 Å². The van der Waals surface area contributed by atoms with Crippen molar-refractivity contribution >= 4 is 29.1 Å². The topological polar surface area (TPSA) is 63.2 Å². The molecule has 1 aliphatic rings. The average Bonchev–Trinajstić information content (AvgIpc) is 3.17. The number of rotatable bonds is 5. The molecule has 1 N–H and O–H groups in total. The number of morpholine rings is 1. The number of amides is 1. The molecule has 1 aromatic heterocycles. The summed E-state index contributed by atoms with van der Waals surface area (Å²) in [6.45, 7) is 3.21. The number of ether oxygens (including phenoxy) is 2. The van der Waals surface area contributed by atoms with E-state index in [1.807, 2.05) is 29.6 Å². The number of hydrogen-bond acceptors (Lipinski definition) is 6. The highest BCUT2D eigenvalue weighted by molar-refractivity contribution is 7.12. The fourth-order valence-corrected chi connectivity index (χ4v) is 3.06. The molecule has 1 fully saturated rings. The molecule has 7 heteroatoms. The summed E-state index contributed by atoms with van der Waals surface area (Å²) in [4.78, 5) is 14.7. The zero-order chi connectivity index (χ0) is 16.8. The van der Waals surface area contributed by atoms with Crippen molar-refractivity contribution in [2.24, 2.45) is 5.10 Å². The monoisotopic (exact) mass is 345 g/mol. The molecule has 0 saturated carbocycles.